The number of nitrogens with two attached hydrogens (primary N) is 1. The van der Waals surface area contributed by atoms with Crippen LogP contribution in [0.4, 0.5) is 4.79 Å². The second kappa shape index (κ2) is 11.0. The number of methoxy groups -OCH3 is 1. The van der Waals surface area contributed by atoms with E-state index < -0.39 is 6.03 Å². The van der Waals surface area contributed by atoms with Crippen molar-refractivity contribution in [1.82, 2.24) is 5.43 Å². The molecule has 0 bridgehead atoms. The van der Waals surface area contributed by atoms with Crippen molar-refractivity contribution in [2.45, 2.75) is 6.42 Å². The van der Waals surface area contributed by atoms with Crippen molar-refractivity contribution in [2.75, 3.05) is 20.3 Å². The number of amides is 2. The van der Waals surface area contributed by atoms with Gasteiger partial charge < -0.3 is 19.9 Å². The first kappa shape index (κ1) is 21.3. The molecule has 0 saturated heterocycles. The van der Waals surface area contributed by atoms with Crippen LogP contribution in [0.15, 0.2) is 58.6 Å². The van der Waals surface area contributed by atoms with E-state index in [-0.39, 0.29) is 0 Å². The molecule has 2 aromatic carbocycles. The van der Waals surface area contributed by atoms with Gasteiger partial charge in [-0.1, -0.05) is 28.1 Å². The summed E-state index contributed by atoms with van der Waals surface area (Å²) in [5.74, 6) is 1.89. The van der Waals surface area contributed by atoms with E-state index in [2.05, 4.69) is 33.0 Å². The molecule has 148 valence electrons. The van der Waals surface area contributed by atoms with Crippen LogP contribution in [0.5, 0.6) is 17.2 Å². The Bertz CT molecular complexity index is 855. The van der Waals surface area contributed by atoms with Crippen LogP contribution in [0.2, 0.25) is 0 Å². The Morgan fingerprint density at radius 2 is 1.89 bits per heavy atom. The third-order valence-corrected chi connectivity index (χ3v) is 4.05. The molecule has 0 saturated carbocycles. The van der Waals surface area contributed by atoms with E-state index in [9.17, 15) is 4.79 Å². The number of nitrogens with one attached hydrogen (secondary N) is 1. The number of carbonyl (C=O) groups excluding carboxylic acids is 1. The fraction of sp³-hybridized carbons (Fsp3) is 0.200. The van der Waals surface area contributed by atoms with Crippen molar-refractivity contribution >= 4 is 28.2 Å². The molecule has 0 aliphatic carbocycles. The average molecular weight is 448 g/mol. The Hall–Kier alpha value is -3.00. The molecule has 3 N–H and O–H groups in total. The summed E-state index contributed by atoms with van der Waals surface area (Å²) in [4.78, 5) is 10.7. The number of hydrogen-bond acceptors (Lipinski definition) is 5. The fourth-order valence-corrected chi connectivity index (χ4v) is 2.72. The first-order valence-electron chi connectivity index (χ1n) is 8.45. The van der Waals surface area contributed by atoms with Crippen LogP contribution in [0.25, 0.3) is 0 Å². The van der Waals surface area contributed by atoms with Crippen LogP contribution in [0, 0.1) is 0 Å². The van der Waals surface area contributed by atoms with Crippen LogP contribution >= 0.6 is 15.9 Å². The lowest BCUT2D eigenvalue weighted by molar-refractivity contribution is 0.211. The zero-order valence-corrected chi connectivity index (χ0v) is 17.1. The molecule has 0 radical (unpaired) electrons. The number of rotatable bonds is 10. The molecule has 7 nitrogen and oxygen atoms in total. The van der Waals surface area contributed by atoms with Crippen molar-refractivity contribution in [1.29, 1.82) is 0 Å². The number of primary amides is 1. The fourth-order valence-electron chi connectivity index (χ4n) is 2.35. The Kier molecular flexibility index (Phi) is 8.36. The van der Waals surface area contributed by atoms with E-state index in [1.807, 2.05) is 36.4 Å². The highest BCUT2D eigenvalue weighted by molar-refractivity contribution is 9.10. The van der Waals surface area contributed by atoms with Gasteiger partial charge in [-0.15, -0.1) is 6.58 Å². The number of carbonyl (C=O) groups is 1. The molecule has 2 amide bonds. The van der Waals surface area contributed by atoms with Crippen molar-refractivity contribution in [3.05, 3.63) is 64.7 Å². The van der Waals surface area contributed by atoms with Gasteiger partial charge in [0.15, 0.2) is 11.5 Å². The normalized spacial score (nSPS) is 10.5. The monoisotopic (exact) mass is 447 g/mol. The van der Waals surface area contributed by atoms with Crippen LogP contribution in [-0.2, 0) is 6.42 Å². The van der Waals surface area contributed by atoms with Crippen LogP contribution < -0.4 is 25.4 Å². The van der Waals surface area contributed by atoms with Gasteiger partial charge in [-0.2, -0.15) is 5.10 Å². The van der Waals surface area contributed by atoms with Gasteiger partial charge in [0.25, 0.3) is 0 Å². The molecule has 0 unspecified atom stereocenters. The van der Waals surface area contributed by atoms with Gasteiger partial charge in [-0.3, -0.25) is 0 Å². The zero-order valence-electron chi connectivity index (χ0n) is 15.5. The maximum Gasteiger partial charge on any atom is 0.332 e. The summed E-state index contributed by atoms with van der Waals surface area (Å²) in [6.07, 6.45) is 4.05. The minimum atomic E-state index is -0.741. The number of benzene rings is 2. The summed E-state index contributed by atoms with van der Waals surface area (Å²) in [5, 5.41) is 3.76. The molecule has 2 aromatic rings. The second-order valence-corrected chi connectivity index (χ2v) is 6.51. The van der Waals surface area contributed by atoms with Crippen molar-refractivity contribution in [3.63, 3.8) is 0 Å². The number of hydrazone groups is 1. The van der Waals surface area contributed by atoms with Gasteiger partial charge in [0, 0.05) is 10.0 Å². The lowest BCUT2D eigenvalue weighted by atomic mass is 10.1. The molecule has 0 atom stereocenters. The van der Waals surface area contributed by atoms with Crippen LogP contribution in [-0.4, -0.2) is 32.6 Å². The second-order valence-electron chi connectivity index (χ2n) is 5.59. The van der Waals surface area contributed by atoms with E-state index in [1.54, 1.807) is 13.2 Å². The van der Waals surface area contributed by atoms with Crippen molar-refractivity contribution in [2.24, 2.45) is 10.8 Å². The molecular weight excluding hydrogens is 426 g/mol. The minimum absolute atomic E-state index is 0.309. The van der Waals surface area contributed by atoms with E-state index in [4.69, 9.17) is 19.9 Å². The molecular formula is C20H22BrN3O4. The summed E-state index contributed by atoms with van der Waals surface area (Å²) >= 11 is 3.39. The highest BCUT2D eigenvalue weighted by Crippen LogP contribution is 2.28. The largest absolute Gasteiger partial charge is 0.493 e. The average Bonchev–Trinajstić information content (AvgIpc) is 2.67. The smallest absolute Gasteiger partial charge is 0.332 e. The summed E-state index contributed by atoms with van der Waals surface area (Å²) in [6.45, 7) is 4.37. The summed E-state index contributed by atoms with van der Waals surface area (Å²) in [5.41, 5.74) is 8.91. The number of allylic oxidation sites excluding steroid dienone is 1. The predicted molar refractivity (Wildman–Crippen MR) is 112 cm³/mol. The molecule has 0 fully saturated rings. The van der Waals surface area contributed by atoms with Crippen LogP contribution in [0.1, 0.15) is 11.1 Å². The lowest BCUT2D eigenvalue weighted by Gasteiger charge is -2.13. The Labute approximate surface area is 172 Å². The maximum atomic E-state index is 10.7. The van der Waals surface area contributed by atoms with E-state index >= 15 is 0 Å². The molecule has 0 spiro atoms. The van der Waals surface area contributed by atoms with Gasteiger partial charge in [0.1, 0.15) is 19.0 Å². The van der Waals surface area contributed by atoms with Gasteiger partial charge in [0.2, 0.25) is 0 Å². The number of urea groups is 1. The number of nitrogens with zero attached hydrogens (tertiary/aromatic N) is 1. The highest BCUT2D eigenvalue weighted by Gasteiger charge is 2.07. The van der Waals surface area contributed by atoms with Gasteiger partial charge in [-0.25, -0.2) is 10.2 Å². The highest BCUT2D eigenvalue weighted by atomic mass is 79.9. The Morgan fingerprint density at radius 1 is 1.18 bits per heavy atom. The van der Waals surface area contributed by atoms with Gasteiger partial charge in [0.05, 0.1) is 13.3 Å². The third kappa shape index (κ3) is 6.62. The van der Waals surface area contributed by atoms with Crippen molar-refractivity contribution < 1.29 is 19.0 Å². The van der Waals surface area contributed by atoms with Gasteiger partial charge >= 0.3 is 6.03 Å². The lowest BCUT2D eigenvalue weighted by Crippen LogP contribution is -2.24. The number of hydrogen-bond donors (Lipinski definition) is 2. The molecule has 0 aliphatic heterocycles. The third-order valence-electron chi connectivity index (χ3n) is 3.56. The van der Waals surface area contributed by atoms with Crippen LogP contribution in [0.3, 0.4) is 0 Å². The van der Waals surface area contributed by atoms with E-state index in [1.165, 1.54) is 6.21 Å². The Balaban J connectivity index is 1.95. The Morgan fingerprint density at radius 3 is 2.57 bits per heavy atom. The molecule has 28 heavy (non-hydrogen) atoms. The number of halogens is 1. The molecule has 0 aliphatic rings. The van der Waals surface area contributed by atoms with E-state index in [0.717, 1.165) is 16.5 Å². The SMILES string of the molecule is C=CCc1ccc(OCCOc2ccc(Br)cc2C=NNC(N)=O)c(OC)c1. The van der Waals surface area contributed by atoms with Gasteiger partial charge in [-0.05, 0) is 42.3 Å². The van der Waals surface area contributed by atoms with Crippen molar-refractivity contribution in [3.8, 4) is 17.2 Å². The standard InChI is InChI=1S/C20H22BrN3O4/c1-3-4-14-5-7-18(19(11-14)26-2)28-10-9-27-17-8-6-16(21)12-15(17)13-23-24-20(22)25/h3,5-8,11-13H,1,4,9-10H2,2H3,(H3,22,24,25). The first-order valence-corrected chi connectivity index (χ1v) is 9.24. The molecule has 8 heteroatoms. The summed E-state index contributed by atoms with van der Waals surface area (Å²) in [7, 11) is 1.60. The molecule has 0 aromatic heterocycles. The molecule has 2 rings (SSSR count). The topological polar surface area (TPSA) is 95.2 Å². The summed E-state index contributed by atoms with van der Waals surface area (Å²) in [6, 6.07) is 10.5. The zero-order chi connectivity index (χ0) is 20.4. The predicted octanol–water partition coefficient (Wildman–Crippen LogP) is 3.65. The minimum Gasteiger partial charge on any atom is -0.493 e. The molecule has 0 heterocycles. The summed E-state index contributed by atoms with van der Waals surface area (Å²) < 4.78 is 17.8. The first-order chi connectivity index (χ1) is 13.5. The number of ether oxygens (including phenoxy) is 3. The van der Waals surface area contributed by atoms with E-state index in [0.29, 0.717) is 36.0 Å². The quantitative estimate of drug-likeness (QED) is 0.251. The maximum absolute atomic E-state index is 10.7.